The summed E-state index contributed by atoms with van der Waals surface area (Å²) in [5.74, 6) is 1.29. The molecule has 0 N–H and O–H groups in total. The number of amides is 1. The Morgan fingerprint density at radius 3 is 2.20 bits per heavy atom. The Kier molecular flexibility index (Phi) is 16.7. The molecule has 5 rings (SSSR count). The fraction of sp³-hybridized carbons (Fsp3) is 0.531. The van der Waals surface area contributed by atoms with Gasteiger partial charge in [0.05, 0.1) is 11.1 Å². The van der Waals surface area contributed by atoms with Gasteiger partial charge in [0.2, 0.25) is 5.91 Å². The zero-order valence-corrected chi connectivity index (χ0v) is 27.4. The van der Waals surface area contributed by atoms with Crippen molar-refractivity contribution >= 4 is 57.4 Å². The number of nitrogens with zero attached hydrogens (tertiary/aromatic N) is 4. The third-order valence-corrected chi connectivity index (χ3v) is 7.74. The van der Waals surface area contributed by atoms with E-state index in [9.17, 15) is 4.79 Å². The average Bonchev–Trinajstić information content (AvgIpc) is 3.57. The third-order valence-electron chi connectivity index (χ3n) is 6.57. The van der Waals surface area contributed by atoms with Gasteiger partial charge in [0.25, 0.3) is 0 Å². The first-order valence-corrected chi connectivity index (χ1v) is 15.9. The predicted molar refractivity (Wildman–Crippen MR) is 175 cm³/mol. The zero-order chi connectivity index (χ0) is 30.2. The molecule has 1 aromatic heterocycles. The van der Waals surface area contributed by atoms with E-state index in [0.29, 0.717) is 6.42 Å². The quantitative estimate of drug-likeness (QED) is 0.300. The van der Waals surface area contributed by atoms with Crippen molar-refractivity contribution in [2.24, 2.45) is 0 Å². The first-order valence-electron chi connectivity index (χ1n) is 14.7. The molecule has 1 unspecified atom stereocenters. The van der Waals surface area contributed by atoms with Crippen molar-refractivity contribution in [3.63, 3.8) is 0 Å². The Morgan fingerprint density at radius 2 is 1.60 bits per heavy atom. The topological polar surface area (TPSA) is 56.8 Å². The largest absolute Gasteiger partial charge is 0.353 e. The Hall–Kier alpha value is -2.48. The van der Waals surface area contributed by atoms with E-state index in [1.807, 2.05) is 45.5 Å². The monoisotopic (exact) mass is 588 g/mol. The van der Waals surface area contributed by atoms with Gasteiger partial charge in [-0.2, -0.15) is 4.37 Å². The van der Waals surface area contributed by atoms with Gasteiger partial charge < -0.3 is 14.6 Å². The number of hydrogen-bond donors (Lipinski definition) is 0. The summed E-state index contributed by atoms with van der Waals surface area (Å²) in [6, 6.07) is 12.8. The van der Waals surface area contributed by atoms with Crippen molar-refractivity contribution in [1.29, 1.82) is 0 Å². The van der Waals surface area contributed by atoms with Gasteiger partial charge >= 0.3 is 0 Å². The van der Waals surface area contributed by atoms with Gasteiger partial charge in [-0.3, -0.25) is 9.69 Å². The van der Waals surface area contributed by atoms with E-state index in [1.165, 1.54) is 16.5 Å². The number of carbonyl (C=O) groups excluding carboxylic acids is 2. The summed E-state index contributed by atoms with van der Waals surface area (Å²) in [4.78, 5) is 27.3. The van der Waals surface area contributed by atoms with Crippen LogP contribution in [0.25, 0.3) is 10.1 Å². The van der Waals surface area contributed by atoms with Gasteiger partial charge in [-0.1, -0.05) is 84.7 Å². The molecule has 1 fully saturated rings. The highest BCUT2D eigenvalue weighted by Gasteiger charge is 2.31. The summed E-state index contributed by atoms with van der Waals surface area (Å²) in [5.41, 5.74) is 3.22. The van der Waals surface area contributed by atoms with Crippen molar-refractivity contribution in [3.05, 3.63) is 52.5 Å². The molecule has 2 aliphatic heterocycles. The summed E-state index contributed by atoms with van der Waals surface area (Å²) < 4.78 is 5.95. The normalized spacial score (nSPS) is 14.9. The van der Waals surface area contributed by atoms with Crippen LogP contribution in [-0.4, -0.2) is 54.2 Å². The van der Waals surface area contributed by atoms with E-state index < -0.39 is 0 Å². The van der Waals surface area contributed by atoms with Crippen LogP contribution in [0.4, 0.5) is 11.5 Å². The van der Waals surface area contributed by atoms with E-state index in [-0.39, 0.29) is 11.9 Å². The van der Waals surface area contributed by atoms with Crippen LogP contribution in [-0.2, 0) is 22.6 Å². The molecule has 0 bridgehead atoms. The maximum atomic E-state index is 12.5. The lowest BCUT2D eigenvalue weighted by molar-refractivity contribution is -0.117. The molecule has 0 spiro atoms. The number of rotatable bonds is 5. The van der Waals surface area contributed by atoms with Gasteiger partial charge in [0, 0.05) is 54.9 Å². The first-order chi connectivity index (χ1) is 19.5. The van der Waals surface area contributed by atoms with Crippen molar-refractivity contribution in [3.8, 4) is 0 Å². The van der Waals surface area contributed by atoms with E-state index in [0.717, 1.165) is 66.8 Å². The van der Waals surface area contributed by atoms with Crippen LogP contribution < -0.4 is 9.80 Å². The van der Waals surface area contributed by atoms with Crippen LogP contribution >= 0.6 is 23.1 Å². The molecular formula is C32H49ClN4O2S. The minimum absolute atomic E-state index is 0.182. The molecule has 222 valence electrons. The van der Waals surface area contributed by atoms with Gasteiger partial charge in [-0.15, -0.1) is 0 Å². The number of anilines is 2. The van der Waals surface area contributed by atoms with E-state index >= 15 is 0 Å². The number of aromatic nitrogens is 1. The second-order valence-corrected chi connectivity index (χ2v) is 10.5. The molecule has 40 heavy (non-hydrogen) atoms. The highest BCUT2D eigenvalue weighted by atomic mass is 35.5. The first kappa shape index (κ1) is 35.5. The highest BCUT2D eigenvalue weighted by molar-refractivity contribution is 7.13. The molecule has 8 heteroatoms. The maximum absolute atomic E-state index is 12.5. The average molecular weight is 589 g/mol. The van der Waals surface area contributed by atoms with Gasteiger partial charge in [-0.05, 0) is 54.2 Å². The lowest BCUT2D eigenvalue weighted by atomic mass is 10.1. The van der Waals surface area contributed by atoms with Gasteiger partial charge in [0.1, 0.15) is 12.6 Å². The number of piperazine rings is 1. The molecule has 3 aromatic rings. The standard InChI is InChI=1S/C24H27ClN4OS.C3H8.2C2H6.CH2O/c1-3-16(2)29-21-14-20(25)18(12-17(21)13-23(29)30)15-27-8-10-28(11-9-27)24-19-6-4-5-7-22(19)31-26-24;1-3-2;3*1-2/h4-7,12,14,16H,3,8-11,13,15H2,1-2H3;3H2,1-2H3;2*1-2H3;1H2. The van der Waals surface area contributed by atoms with Crippen LogP contribution in [0.2, 0.25) is 5.02 Å². The Labute approximate surface area is 251 Å². The van der Waals surface area contributed by atoms with Crippen LogP contribution in [0.5, 0.6) is 0 Å². The molecule has 6 nitrogen and oxygen atoms in total. The second-order valence-electron chi connectivity index (χ2n) is 9.24. The zero-order valence-electron chi connectivity index (χ0n) is 25.8. The second kappa shape index (κ2) is 18.8. The van der Waals surface area contributed by atoms with Crippen LogP contribution in [0.1, 0.15) is 79.4 Å². The molecule has 2 aliphatic rings. The summed E-state index contributed by atoms with van der Waals surface area (Å²) in [5, 5.41) is 2.01. The molecule has 1 saturated heterocycles. The molecule has 1 atom stereocenters. The molecule has 0 aliphatic carbocycles. The van der Waals surface area contributed by atoms with Crippen molar-refractivity contribution in [2.75, 3.05) is 36.0 Å². The number of benzene rings is 2. The van der Waals surface area contributed by atoms with Gasteiger partial charge in [-0.25, -0.2) is 0 Å². The van der Waals surface area contributed by atoms with Crippen LogP contribution in [0.15, 0.2) is 36.4 Å². The van der Waals surface area contributed by atoms with Crippen LogP contribution in [0.3, 0.4) is 0 Å². The predicted octanol–water partition coefficient (Wildman–Crippen LogP) is 8.24. The molecule has 2 aromatic carbocycles. The Bertz CT molecular complexity index is 1160. The maximum Gasteiger partial charge on any atom is 0.231 e. The minimum atomic E-state index is 0.182. The summed E-state index contributed by atoms with van der Waals surface area (Å²) in [7, 11) is 0. The molecule has 0 radical (unpaired) electrons. The number of fused-ring (bicyclic) bond motifs is 2. The SMILES string of the molecule is C=O.CC.CC.CCC.CCC(C)N1C(=O)Cc2cc(CN3CCN(c4nsc5ccccc45)CC3)c(Cl)cc21. The summed E-state index contributed by atoms with van der Waals surface area (Å²) in [6.07, 6.45) is 2.66. The summed E-state index contributed by atoms with van der Waals surface area (Å²) >= 11 is 8.25. The number of carbonyl (C=O) groups is 2. The van der Waals surface area contributed by atoms with E-state index in [4.69, 9.17) is 20.8 Å². The van der Waals surface area contributed by atoms with Crippen molar-refractivity contribution in [1.82, 2.24) is 9.27 Å². The highest BCUT2D eigenvalue weighted by Crippen LogP contribution is 2.36. The smallest absolute Gasteiger partial charge is 0.231 e. The van der Waals surface area contributed by atoms with Crippen molar-refractivity contribution < 1.29 is 9.59 Å². The van der Waals surface area contributed by atoms with E-state index in [2.05, 4.69) is 67.8 Å². The lowest BCUT2D eigenvalue weighted by Gasteiger charge is -2.35. The Morgan fingerprint density at radius 1 is 1.00 bits per heavy atom. The molecular weight excluding hydrogens is 540 g/mol. The fourth-order valence-corrected chi connectivity index (χ4v) is 5.67. The van der Waals surface area contributed by atoms with Crippen molar-refractivity contribution in [2.45, 2.75) is 87.2 Å². The van der Waals surface area contributed by atoms with Gasteiger partial charge in [0.15, 0.2) is 0 Å². The molecule has 1 amide bonds. The Balaban J connectivity index is 0.000000804. The number of hydrogen-bond acceptors (Lipinski definition) is 6. The fourth-order valence-electron chi connectivity index (χ4n) is 4.65. The van der Waals surface area contributed by atoms with E-state index in [1.54, 1.807) is 11.5 Å². The van der Waals surface area contributed by atoms with Crippen LogP contribution in [0, 0.1) is 0 Å². The molecule has 0 saturated carbocycles. The third kappa shape index (κ3) is 8.76. The minimum Gasteiger partial charge on any atom is -0.353 e. The number of halogens is 1. The summed E-state index contributed by atoms with van der Waals surface area (Å²) in [6.45, 7) is 23.1. The lowest BCUT2D eigenvalue weighted by Crippen LogP contribution is -2.46. The molecule has 3 heterocycles.